The van der Waals surface area contributed by atoms with Crippen molar-refractivity contribution in [2.24, 2.45) is 0 Å². The van der Waals surface area contributed by atoms with Crippen LogP contribution in [0.1, 0.15) is 23.4 Å². The Labute approximate surface area is 120 Å². The summed E-state index contributed by atoms with van der Waals surface area (Å²) in [5, 5.41) is 0.760. The van der Waals surface area contributed by atoms with E-state index in [1.807, 2.05) is 29.5 Å². The van der Waals surface area contributed by atoms with Crippen molar-refractivity contribution in [1.29, 1.82) is 0 Å². The van der Waals surface area contributed by atoms with Gasteiger partial charge in [-0.3, -0.25) is 4.40 Å². The fourth-order valence-electron chi connectivity index (χ4n) is 2.75. The fourth-order valence-corrected chi connectivity index (χ4v) is 4.13. The molecule has 1 aliphatic rings. The maximum atomic E-state index is 6.05. The number of aryl methyl sites for hydroxylation is 2. The lowest BCUT2D eigenvalue weighted by Gasteiger charge is -2.09. The van der Waals surface area contributed by atoms with Gasteiger partial charge in [-0.25, -0.2) is 4.98 Å². The molecule has 3 aromatic rings. The van der Waals surface area contributed by atoms with Crippen LogP contribution in [0, 0.1) is 0 Å². The van der Waals surface area contributed by atoms with Gasteiger partial charge < -0.3 is 0 Å². The zero-order chi connectivity index (χ0) is 12.8. The maximum Gasteiger partial charge on any atom is 0.194 e. The SMILES string of the molecule is Clc1cccc(-c2cn3c4c(sc3n2)CCCC4)c1. The average Bonchev–Trinajstić information content (AvgIpc) is 2.96. The van der Waals surface area contributed by atoms with E-state index in [-0.39, 0.29) is 0 Å². The number of fused-ring (bicyclic) bond motifs is 3. The van der Waals surface area contributed by atoms with Crippen molar-refractivity contribution in [3.8, 4) is 11.3 Å². The van der Waals surface area contributed by atoms with Crippen molar-refractivity contribution in [3.63, 3.8) is 0 Å². The highest BCUT2D eigenvalue weighted by Gasteiger charge is 2.18. The molecule has 0 amide bonds. The Bertz CT molecular complexity index is 757. The summed E-state index contributed by atoms with van der Waals surface area (Å²) in [5.74, 6) is 0. The van der Waals surface area contributed by atoms with E-state index in [0.717, 1.165) is 21.2 Å². The van der Waals surface area contributed by atoms with Crippen LogP contribution in [0.25, 0.3) is 16.2 Å². The Kier molecular flexibility index (Phi) is 2.64. The molecule has 2 nitrogen and oxygen atoms in total. The van der Waals surface area contributed by atoms with E-state index in [9.17, 15) is 0 Å². The third kappa shape index (κ3) is 1.88. The van der Waals surface area contributed by atoms with Crippen LogP contribution >= 0.6 is 22.9 Å². The van der Waals surface area contributed by atoms with Gasteiger partial charge in [0.05, 0.1) is 5.69 Å². The maximum absolute atomic E-state index is 6.05. The number of hydrogen-bond donors (Lipinski definition) is 0. The number of halogens is 1. The second kappa shape index (κ2) is 4.36. The molecule has 0 N–H and O–H groups in total. The molecular weight excluding hydrogens is 276 g/mol. The molecule has 4 rings (SSSR count). The van der Waals surface area contributed by atoms with Crippen LogP contribution in [0.4, 0.5) is 0 Å². The molecule has 19 heavy (non-hydrogen) atoms. The highest BCUT2D eigenvalue weighted by atomic mass is 35.5. The van der Waals surface area contributed by atoms with Gasteiger partial charge in [0, 0.05) is 27.4 Å². The van der Waals surface area contributed by atoms with Crippen molar-refractivity contribution in [3.05, 3.63) is 46.1 Å². The van der Waals surface area contributed by atoms with Gasteiger partial charge >= 0.3 is 0 Å². The van der Waals surface area contributed by atoms with Crippen LogP contribution in [0.5, 0.6) is 0 Å². The van der Waals surface area contributed by atoms with Gasteiger partial charge in [-0.05, 0) is 37.8 Å². The number of hydrogen-bond acceptors (Lipinski definition) is 2. The molecule has 0 unspecified atom stereocenters. The number of aromatic nitrogens is 2. The summed E-state index contributed by atoms with van der Waals surface area (Å²) >= 11 is 7.89. The van der Waals surface area contributed by atoms with E-state index in [0.29, 0.717) is 0 Å². The van der Waals surface area contributed by atoms with E-state index in [2.05, 4.69) is 16.7 Å². The second-order valence-corrected chi connectivity index (χ2v) is 6.47. The van der Waals surface area contributed by atoms with E-state index in [1.54, 1.807) is 0 Å². The summed E-state index contributed by atoms with van der Waals surface area (Å²) in [6, 6.07) is 7.90. The van der Waals surface area contributed by atoms with Crippen LogP contribution in [0.2, 0.25) is 5.02 Å². The van der Waals surface area contributed by atoms with Crippen molar-refractivity contribution < 1.29 is 0 Å². The highest BCUT2D eigenvalue weighted by Crippen LogP contribution is 2.32. The van der Waals surface area contributed by atoms with Crippen LogP contribution < -0.4 is 0 Å². The van der Waals surface area contributed by atoms with E-state index < -0.39 is 0 Å². The van der Waals surface area contributed by atoms with Gasteiger partial charge in [0.1, 0.15) is 0 Å². The predicted molar refractivity (Wildman–Crippen MR) is 80.2 cm³/mol. The van der Waals surface area contributed by atoms with Gasteiger partial charge in [0.2, 0.25) is 0 Å². The molecule has 0 aliphatic heterocycles. The molecule has 0 radical (unpaired) electrons. The number of benzene rings is 1. The predicted octanol–water partition coefficient (Wildman–Crippen LogP) is 4.60. The first kappa shape index (κ1) is 11.5. The second-order valence-electron chi connectivity index (χ2n) is 4.97. The van der Waals surface area contributed by atoms with Crippen LogP contribution in [0.3, 0.4) is 0 Å². The van der Waals surface area contributed by atoms with E-state index in [4.69, 9.17) is 16.6 Å². The van der Waals surface area contributed by atoms with Gasteiger partial charge in [-0.2, -0.15) is 0 Å². The summed E-state index contributed by atoms with van der Waals surface area (Å²) in [4.78, 5) is 7.38. The first-order chi connectivity index (χ1) is 9.31. The quantitative estimate of drug-likeness (QED) is 0.640. The lowest BCUT2D eigenvalue weighted by atomic mass is 10.0. The van der Waals surface area contributed by atoms with Gasteiger partial charge in [-0.1, -0.05) is 23.7 Å². The topological polar surface area (TPSA) is 17.3 Å². The summed E-state index contributed by atoms with van der Waals surface area (Å²) in [6.07, 6.45) is 7.17. The smallest absolute Gasteiger partial charge is 0.194 e. The zero-order valence-corrected chi connectivity index (χ0v) is 12.0. The van der Waals surface area contributed by atoms with E-state index in [1.165, 1.54) is 36.3 Å². The monoisotopic (exact) mass is 288 g/mol. The van der Waals surface area contributed by atoms with Gasteiger partial charge in [0.15, 0.2) is 4.96 Å². The van der Waals surface area contributed by atoms with Crippen LogP contribution in [-0.4, -0.2) is 9.38 Å². The normalized spacial score (nSPS) is 14.8. The molecular formula is C15H13ClN2S. The standard InChI is InChI=1S/C15H13ClN2S/c16-11-5-3-4-10(8-11)12-9-18-13-6-1-2-7-14(13)19-15(18)17-12/h3-5,8-9H,1-2,6-7H2. The first-order valence-electron chi connectivity index (χ1n) is 6.57. The molecule has 2 heterocycles. The van der Waals surface area contributed by atoms with Gasteiger partial charge in [-0.15, -0.1) is 11.3 Å². The highest BCUT2D eigenvalue weighted by molar-refractivity contribution is 7.17. The molecule has 0 saturated carbocycles. The average molecular weight is 289 g/mol. The lowest BCUT2D eigenvalue weighted by molar-refractivity contribution is 0.674. The molecule has 0 bridgehead atoms. The molecule has 0 spiro atoms. The molecule has 2 aromatic heterocycles. The molecule has 4 heteroatoms. The Morgan fingerprint density at radius 1 is 1.21 bits per heavy atom. The van der Waals surface area contributed by atoms with Gasteiger partial charge in [0.25, 0.3) is 0 Å². The molecule has 0 saturated heterocycles. The third-order valence-electron chi connectivity index (χ3n) is 3.69. The van der Waals surface area contributed by atoms with E-state index >= 15 is 0 Å². The lowest BCUT2D eigenvalue weighted by Crippen LogP contribution is -2.01. The minimum atomic E-state index is 0.760. The molecule has 1 aliphatic carbocycles. The number of thiazole rings is 1. The van der Waals surface area contributed by atoms with Crippen molar-refractivity contribution in [1.82, 2.24) is 9.38 Å². The minimum absolute atomic E-state index is 0.760. The largest absolute Gasteiger partial charge is 0.294 e. The molecule has 1 aromatic carbocycles. The number of nitrogens with zero attached hydrogens (tertiary/aromatic N) is 2. The zero-order valence-electron chi connectivity index (χ0n) is 10.4. The van der Waals surface area contributed by atoms with Crippen molar-refractivity contribution in [2.45, 2.75) is 25.7 Å². The Hall–Kier alpha value is -1.32. The molecule has 0 fully saturated rings. The summed E-state index contributed by atoms with van der Waals surface area (Å²) < 4.78 is 2.27. The molecule has 96 valence electrons. The Morgan fingerprint density at radius 3 is 3.00 bits per heavy atom. The van der Waals surface area contributed by atoms with Crippen LogP contribution in [-0.2, 0) is 12.8 Å². The minimum Gasteiger partial charge on any atom is -0.294 e. The summed E-state index contributed by atoms with van der Waals surface area (Å²) in [7, 11) is 0. The fraction of sp³-hybridized carbons (Fsp3) is 0.267. The summed E-state index contributed by atoms with van der Waals surface area (Å²) in [6.45, 7) is 0. The Balaban J connectivity index is 1.86. The molecule has 0 atom stereocenters. The third-order valence-corrected chi connectivity index (χ3v) is 5.08. The van der Waals surface area contributed by atoms with Crippen molar-refractivity contribution >= 4 is 27.9 Å². The Morgan fingerprint density at radius 2 is 2.11 bits per heavy atom. The van der Waals surface area contributed by atoms with Crippen molar-refractivity contribution in [2.75, 3.05) is 0 Å². The van der Waals surface area contributed by atoms with Crippen LogP contribution in [0.15, 0.2) is 30.5 Å². The number of imidazole rings is 1. The summed E-state index contributed by atoms with van der Waals surface area (Å²) in [5.41, 5.74) is 3.57. The first-order valence-corrected chi connectivity index (χ1v) is 7.76. The number of rotatable bonds is 1.